The number of hydrogen-bond donors (Lipinski definition) is 2. The van der Waals surface area contributed by atoms with Crippen LogP contribution in [-0.4, -0.2) is 35.7 Å². The van der Waals surface area contributed by atoms with Gasteiger partial charge in [0.25, 0.3) is 11.8 Å². The molecule has 226 valence electrons. The van der Waals surface area contributed by atoms with E-state index >= 15 is 0 Å². The number of carbonyl (C=O) groups is 2. The van der Waals surface area contributed by atoms with E-state index in [-0.39, 0.29) is 41.0 Å². The molecule has 0 atom stereocenters. The molecule has 0 spiro atoms. The second kappa shape index (κ2) is 13.7. The van der Waals surface area contributed by atoms with Crippen LogP contribution in [-0.2, 0) is 13.2 Å². The van der Waals surface area contributed by atoms with E-state index in [1.807, 2.05) is 72.8 Å². The van der Waals surface area contributed by atoms with E-state index in [0.29, 0.717) is 30.2 Å². The van der Waals surface area contributed by atoms with Crippen molar-refractivity contribution in [3.8, 4) is 34.1 Å². The molecule has 2 aromatic heterocycles. The van der Waals surface area contributed by atoms with Gasteiger partial charge in [0.2, 0.25) is 0 Å². The van der Waals surface area contributed by atoms with Crippen LogP contribution in [0.5, 0.6) is 11.5 Å². The van der Waals surface area contributed by atoms with Gasteiger partial charge in [0.1, 0.15) is 30.3 Å². The molecule has 0 aliphatic heterocycles. The molecule has 10 heteroatoms. The first-order valence-electron chi connectivity index (χ1n) is 14.4. The van der Waals surface area contributed by atoms with Gasteiger partial charge in [-0.25, -0.2) is 0 Å². The Morgan fingerprint density at radius 3 is 2.05 bits per heavy atom. The van der Waals surface area contributed by atoms with Crippen LogP contribution in [0.3, 0.4) is 0 Å². The van der Waals surface area contributed by atoms with Crippen molar-refractivity contribution < 1.29 is 28.1 Å². The molecule has 0 radical (unpaired) electrons. The number of nitrogens with one attached hydrogen (secondary N) is 2. The van der Waals surface area contributed by atoms with Crippen molar-refractivity contribution in [2.75, 3.05) is 13.6 Å². The van der Waals surface area contributed by atoms with Crippen LogP contribution in [0.15, 0.2) is 87.9 Å². The summed E-state index contributed by atoms with van der Waals surface area (Å²) in [4.78, 5) is 25.4. The number of nitrogens with zero attached hydrogens (tertiary/aromatic N) is 2. The Kier molecular flexibility index (Phi) is 9.39. The maximum atomic E-state index is 13.1. The monoisotopic (exact) mass is 594 g/mol. The van der Waals surface area contributed by atoms with Crippen LogP contribution in [0.4, 0.5) is 0 Å². The van der Waals surface area contributed by atoms with Crippen molar-refractivity contribution in [1.82, 2.24) is 20.9 Å². The van der Waals surface area contributed by atoms with Gasteiger partial charge in [-0.3, -0.25) is 9.59 Å². The van der Waals surface area contributed by atoms with Crippen LogP contribution < -0.4 is 20.1 Å². The Morgan fingerprint density at radius 2 is 1.45 bits per heavy atom. The number of hydrogen-bond acceptors (Lipinski definition) is 8. The first-order chi connectivity index (χ1) is 21.4. The lowest BCUT2D eigenvalue weighted by molar-refractivity contribution is 0.0941. The van der Waals surface area contributed by atoms with E-state index in [9.17, 15) is 9.59 Å². The Labute approximate surface area is 255 Å². The summed E-state index contributed by atoms with van der Waals surface area (Å²) in [7, 11) is 1.49. The van der Waals surface area contributed by atoms with Gasteiger partial charge >= 0.3 is 0 Å². The molecule has 0 bridgehead atoms. The van der Waals surface area contributed by atoms with Gasteiger partial charge in [-0.05, 0) is 35.6 Å². The average Bonchev–Trinajstić information content (AvgIpc) is 3.71. The normalized spacial score (nSPS) is 10.9. The molecule has 5 aromatic rings. The zero-order chi connectivity index (χ0) is 31.1. The van der Waals surface area contributed by atoms with Gasteiger partial charge in [-0.1, -0.05) is 84.8 Å². The number of ether oxygens (including phenoxy) is 2. The summed E-state index contributed by atoms with van der Waals surface area (Å²) in [5, 5.41) is 13.3. The fourth-order valence-electron chi connectivity index (χ4n) is 4.65. The van der Waals surface area contributed by atoms with Crippen molar-refractivity contribution in [2.45, 2.75) is 39.9 Å². The number of carbonyl (C=O) groups excluding carboxylic acids is 2. The Morgan fingerprint density at radius 1 is 0.818 bits per heavy atom. The van der Waals surface area contributed by atoms with Gasteiger partial charge in [-0.15, -0.1) is 0 Å². The quantitative estimate of drug-likeness (QED) is 0.170. The van der Waals surface area contributed by atoms with E-state index in [0.717, 1.165) is 16.7 Å². The van der Waals surface area contributed by atoms with Crippen molar-refractivity contribution in [3.05, 3.63) is 107 Å². The first kappa shape index (κ1) is 30.1. The molecule has 44 heavy (non-hydrogen) atoms. The van der Waals surface area contributed by atoms with E-state index in [1.54, 1.807) is 6.92 Å². The minimum absolute atomic E-state index is 0.00836. The lowest BCUT2D eigenvalue weighted by Gasteiger charge is -2.19. The molecule has 5 rings (SSSR count). The van der Waals surface area contributed by atoms with Crippen LogP contribution in [0.25, 0.3) is 22.6 Å². The summed E-state index contributed by atoms with van der Waals surface area (Å²) in [6.45, 7) is 6.93. The lowest BCUT2D eigenvalue weighted by Crippen LogP contribution is -2.23. The third-order valence-corrected chi connectivity index (χ3v) is 6.91. The predicted molar refractivity (Wildman–Crippen MR) is 164 cm³/mol. The molecule has 0 fully saturated rings. The molecule has 0 saturated heterocycles. The second-order valence-corrected chi connectivity index (χ2v) is 10.3. The third-order valence-electron chi connectivity index (χ3n) is 6.91. The summed E-state index contributed by atoms with van der Waals surface area (Å²) in [6.07, 6.45) is 0. The molecule has 0 unspecified atom stereocenters. The van der Waals surface area contributed by atoms with E-state index < -0.39 is 11.8 Å². The second-order valence-electron chi connectivity index (χ2n) is 10.3. The maximum absolute atomic E-state index is 13.1. The highest BCUT2D eigenvalue weighted by Gasteiger charge is 2.31. The summed E-state index contributed by atoms with van der Waals surface area (Å²) in [5.41, 5.74) is 3.70. The van der Waals surface area contributed by atoms with Crippen molar-refractivity contribution >= 4 is 11.8 Å². The van der Waals surface area contributed by atoms with Crippen molar-refractivity contribution in [3.63, 3.8) is 0 Å². The van der Waals surface area contributed by atoms with Crippen LogP contribution >= 0.6 is 0 Å². The molecule has 0 aliphatic rings. The zero-order valence-corrected chi connectivity index (χ0v) is 25.0. The number of benzene rings is 3. The fourth-order valence-corrected chi connectivity index (χ4v) is 4.65. The van der Waals surface area contributed by atoms with Crippen LogP contribution in [0.2, 0.25) is 0 Å². The van der Waals surface area contributed by atoms with Gasteiger partial charge < -0.3 is 29.2 Å². The molecule has 3 aromatic carbocycles. The minimum atomic E-state index is -0.464. The Hall–Kier alpha value is -5.38. The average molecular weight is 595 g/mol. The van der Waals surface area contributed by atoms with Crippen LogP contribution in [0, 0.1) is 0 Å². The Bertz CT molecular complexity index is 1730. The molecule has 2 heterocycles. The van der Waals surface area contributed by atoms with Gasteiger partial charge in [-0.2, -0.15) is 0 Å². The molecule has 10 nitrogen and oxygen atoms in total. The standard InChI is InChI=1S/C34H34N4O6/c1-5-36-34(40)31-30(29-17-26(37-43-29)33(39)35-4)32(44-38-31)25-16-24(21(2)3)27(41-19-22-12-8-6-9-13-22)18-28(25)42-20-23-14-10-7-11-15-23/h6-18,21H,5,19-20H2,1-4H3,(H,35,39)(H,36,40). The highest BCUT2D eigenvalue weighted by Crippen LogP contribution is 2.44. The van der Waals surface area contributed by atoms with E-state index in [1.165, 1.54) is 13.1 Å². The zero-order valence-electron chi connectivity index (χ0n) is 25.0. The van der Waals surface area contributed by atoms with E-state index in [4.69, 9.17) is 18.5 Å². The highest BCUT2D eigenvalue weighted by atomic mass is 16.5. The Balaban J connectivity index is 1.66. The van der Waals surface area contributed by atoms with Gasteiger partial charge in [0, 0.05) is 25.7 Å². The van der Waals surface area contributed by atoms with Crippen LogP contribution in [0.1, 0.15) is 64.4 Å². The molecular formula is C34H34N4O6. The van der Waals surface area contributed by atoms with Gasteiger partial charge in [0.05, 0.1) is 5.56 Å². The molecule has 0 aliphatic carbocycles. The SMILES string of the molecule is CCNC(=O)c1noc(-c2cc(C(C)C)c(OCc3ccccc3)cc2OCc2ccccc2)c1-c1cc(C(=O)NC)no1. The largest absolute Gasteiger partial charge is 0.488 e. The molecule has 2 amide bonds. The third kappa shape index (κ3) is 6.64. The number of rotatable bonds is 12. The summed E-state index contributed by atoms with van der Waals surface area (Å²) in [5.74, 6) is 0.632. The van der Waals surface area contributed by atoms with Crippen molar-refractivity contribution in [1.29, 1.82) is 0 Å². The fraction of sp³-hybridized carbons (Fsp3) is 0.235. The van der Waals surface area contributed by atoms with Crippen molar-refractivity contribution in [2.24, 2.45) is 0 Å². The topological polar surface area (TPSA) is 129 Å². The molecule has 2 N–H and O–H groups in total. The summed E-state index contributed by atoms with van der Waals surface area (Å²) < 4.78 is 24.2. The maximum Gasteiger partial charge on any atom is 0.274 e. The highest BCUT2D eigenvalue weighted by molar-refractivity contribution is 6.02. The first-order valence-corrected chi connectivity index (χ1v) is 14.4. The lowest BCUT2D eigenvalue weighted by atomic mass is 9.95. The smallest absolute Gasteiger partial charge is 0.274 e. The number of amides is 2. The predicted octanol–water partition coefficient (Wildman–Crippen LogP) is 6.39. The van der Waals surface area contributed by atoms with E-state index in [2.05, 4.69) is 34.8 Å². The summed E-state index contributed by atoms with van der Waals surface area (Å²) >= 11 is 0. The molecular weight excluding hydrogens is 560 g/mol. The van der Waals surface area contributed by atoms with Gasteiger partial charge in [0.15, 0.2) is 22.9 Å². The summed E-state index contributed by atoms with van der Waals surface area (Å²) in [6, 6.07) is 24.9. The minimum Gasteiger partial charge on any atom is -0.488 e. The molecule has 0 saturated carbocycles. The number of aromatic nitrogens is 2.